The molecule has 0 bridgehead atoms. The van der Waals surface area contributed by atoms with Gasteiger partial charge in [-0.25, -0.2) is 10.8 Å². The molecule has 0 saturated carbocycles. The third-order valence-electron chi connectivity index (χ3n) is 2.70. The van der Waals surface area contributed by atoms with Crippen LogP contribution in [0.5, 0.6) is 0 Å². The number of carbonyl (C=O) groups is 2. The SMILES string of the molecule is NNc1ccc(CN2C(=O)CCCC2=O)cn1. The molecule has 6 nitrogen and oxygen atoms in total. The first kappa shape index (κ1) is 11.5. The van der Waals surface area contributed by atoms with Gasteiger partial charge in [-0.1, -0.05) is 6.07 Å². The maximum absolute atomic E-state index is 11.6. The molecule has 2 rings (SSSR count). The van der Waals surface area contributed by atoms with Crippen LogP contribution in [-0.2, 0) is 16.1 Å². The van der Waals surface area contributed by atoms with Gasteiger partial charge in [0, 0.05) is 19.0 Å². The van der Waals surface area contributed by atoms with Crippen LogP contribution in [0, 0.1) is 0 Å². The van der Waals surface area contributed by atoms with Crippen molar-refractivity contribution >= 4 is 17.6 Å². The van der Waals surface area contributed by atoms with Gasteiger partial charge in [-0.15, -0.1) is 0 Å². The smallest absolute Gasteiger partial charge is 0.229 e. The summed E-state index contributed by atoms with van der Waals surface area (Å²) in [6.45, 7) is 0.287. The van der Waals surface area contributed by atoms with Crippen LogP contribution in [-0.4, -0.2) is 21.7 Å². The summed E-state index contributed by atoms with van der Waals surface area (Å²) >= 11 is 0. The number of anilines is 1. The molecule has 6 heteroatoms. The number of nitrogens with two attached hydrogens (primary N) is 1. The van der Waals surface area contributed by atoms with E-state index < -0.39 is 0 Å². The number of carbonyl (C=O) groups excluding carboxylic acids is 2. The Bertz CT molecular complexity index is 414. The molecule has 0 radical (unpaired) electrons. The summed E-state index contributed by atoms with van der Waals surface area (Å²) in [5.74, 6) is 5.53. The summed E-state index contributed by atoms with van der Waals surface area (Å²) in [5.41, 5.74) is 3.23. The van der Waals surface area contributed by atoms with Gasteiger partial charge in [0.05, 0.1) is 6.54 Å². The third kappa shape index (κ3) is 2.59. The minimum Gasteiger partial charge on any atom is -0.308 e. The predicted molar refractivity (Wildman–Crippen MR) is 61.5 cm³/mol. The fourth-order valence-electron chi connectivity index (χ4n) is 1.76. The van der Waals surface area contributed by atoms with Crippen molar-refractivity contribution in [3.63, 3.8) is 0 Å². The molecule has 2 heterocycles. The Morgan fingerprint density at radius 1 is 1.29 bits per heavy atom. The Hall–Kier alpha value is -1.95. The van der Waals surface area contributed by atoms with Crippen LogP contribution < -0.4 is 11.3 Å². The highest BCUT2D eigenvalue weighted by Crippen LogP contribution is 2.15. The Balaban J connectivity index is 2.08. The van der Waals surface area contributed by atoms with Crippen molar-refractivity contribution in [2.75, 3.05) is 5.43 Å². The van der Waals surface area contributed by atoms with E-state index >= 15 is 0 Å². The standard InChI is InChI=1S/C11H14N4O2/c12-14-9-5-4-8(6-13-9)7-15-10(16)2-1-3-11(15)17/h4-6H,1-3,7,12H2,(H,13,14). The van der Waals surface area contributed by atoms with Crippen molar-refractivity contribution < 1.29 is 9.59 Å². The van der Waals surface area contributed by atoms with E-state index in [4.69, 9.17) is 5.84 Å². The van der Waals surface area contributed by atoms with Crippen LogP contribution in [0.2, 0.25) is 0 Å². The average molecular weight is 234 g/mol. The van der Waals surface area contributed by atoms with Crippen LogP contribution in [0.4, 0.5) is 5.82 Å². The largest absolute Gasteiger partial charge is 0.308 e. The van der Waals surface area contributed by atoms with Gasteiger partial charge in [0.25, 0.3) is 0 Å². The summed E-state index contributed by atoms with van der Waals surface area (Å²) in [4.78, 5) is 28.5. The lowest BCUT2D eigenvalue weighted by Crippen LogP contribution is -2.39. The number of nitrogen functional groups attached to an aromatic ring is 1. The Morgan fingerprint density at radius 2 is 2.00 bits per heavy atom. The van der Waals surface area contributed by atoms with Crippen molar-refractivity contribution in [2.24, 2.45) is 5.84 Å². The molecule has 90 valence electrons. The molecule has 1 aromatic rings. The van der Waals surface area contributed by atoms with Crippen LogP contribution in [0.15, 0.2) is 18.3 Å². The zero-order valence-corrected chi connectivity index (χ0v) is 9.35. The van der Waals surface area contributed by atoms with Gasteiger partial charge in [0.15, 0.2) is 0 Å². The van der Waals surface area contributed by atoms with Crippen molar-refractivity contribution in [1.82, 2.24) is 9.88 Å². The monoisotopic (exact) mass is 234 g/mol. The minimum atomic E-state index is -0.109. The number of nitrogens with one attached hydrogen (secondary N) is 1. The van der Waals surface area contributed by atoms with Gasteiger partial charge in [-0.05, 0) is 18.1 Å². The molecule has 0 aromatic carbocycles. The molecule has 1 aliphatic heterocycles. The Labute approximate surface area is 98.8 Å². The summed E-state index contributed by atoms with van der Waals surface area (Å²) in [7, 11) is 0. The molecule has 1 aromatic heterocycles. The number of aromatic nitrogens is 1. The van der Waals surface area contributed by atoms with Crippen LogP contribution in [0.25, 0.3) is 0 Å². The fraction of sp³-hybridized carbons (Fsp3) is 0.364. The van der Waals surface area contributed by atoms with Crippen molar-refractivity contribution in [1.29, 1.82) is 0 Å². The van der Waals surface area contributed by atoms with E-state index in [1.54, 1.807) is 18.3 Å². The second kappa shape index (κ2) is 4.92. The van der Waals surface area contributed by atoms with E-state index in [0.717, 1.165) is 5.56 Å². The number of hydrazine groups is 1. The van der Waals surface area contributed by atoms with Crippen LogP contribution in [0.1, 0.15) is 24.8 Å². The van der Waals surface area contributed by atoms with Crippen LogP contribution in [0.3, 0.4) is 0 Å². The second-order valence-corrected chi connectivity index (χ2v) is 3.92. The Morgan fingerprint density at radius 3 is 2.53 bits per heavy atom. The van der Waals surface area contributed by atoms with Gasteiger partial charge in [0.1, 0.15) is 5.82 Å². The lowest BCUT2D eigenvalue weighted by Gasteiger charge is -2.24. The molecule has 0 spiro atoms. The molecule has 1 aliphatic rings. The molecule has 17 heavy (non-hydrogen) atoms. The first-order chi connectivity index (χ1) is 8.20. The van der Waals surface area contributed by atoms with Crippen molar-refractivity contribution in [3.8, 4) is 0 Å². The zero-order chi connectivity index (χ0) is 12.3. The molecule has 0 atom stereocenters. The minimum absolute atomic E-state index is 0.109. The number of piperidine rings is 1. The molecular formula is C11H14N4O2. The topological polar surface area (TPSA) is 88.3 Å². The van der Waals surface area contributed by atoms with E-state index in [1.165, 1.54) is 4.90 Å². The van der Waals surface area contributed by atoms with E-state index in [9.17, 15) is 9.59 Å². The van der Waals surface area contributed by atoms with Crippen molar-refractivity contribution in [3.05, 3.63) is 23.9 Å². The highest BCUT2D eigenvalue weighted by Gasteiger charge is 2.25. The van der Waals surface area contributed by atoms with E-state index in [1.807, 2.05) is 0 Å². The van der Waals surface area contributed by atoms with Gasteiger partial charge in [-0.3, -0.25) is 14.5 Å². The number of hydrogen-bond acceptors (Lipinski definition) is 5. The lowest BCUT2D eigenvalue weighted by molar-refractivity contribution is -0.148. The molecule has 1 saturated heterocycles. The molecule has 0 aliphatic carbocycles. The normalized spacial score (nSPS) is 16.2. The van der Waals surface area contributed by atoms with E-state index in [0.29, 0.717) is 25.1 Å². The first-order valence-corrected chi connectivity index (χ1v) is 5.45. The van der Waals surface area contributed by atoms with Gasteiger partial charge in [0.2, 0.25) is 11.8 Å². The predicted octanol–water partition coefficient (Wildman–Crippen LogP) is 0.406. The second-order valence-electron chi connectivity index (χ2n) is 3.92. The summed E-state index contributed by atoms with van der Waals surface area (Å²) in [5, 5.41) is 0. The summed E-state index contributed by atoms with van der Waals surface area (Å²) < 4.78 is 0. The first-order valence-electron chi connectivity index (χ1n) is 5.45. The number of likely N-dealkylation sites (tertiary alicyclic amines) is 1. The fourth-order valence-corrected chi connectivity index (χ4v) is 1.76. The number of hydrogen-bond donors (Lipinski definition) is 2. The zero-order valence-electron chi connectivity index (χ0n) is 9.35. The summed E-state index contributed by atoms with van der Waals surface area (Å²) in [6, 6.07) is 3.49. The number of nitrogens with zero attached hydrogens (tertiary/aromatic N) is 2. The lowest BCUT2D eigenvalue weighted by atomic mass is 10.1. The number of rotatable bonds is 3. The molecule has 0 unspecified atom stereocenters. The number of pyridine rings is 1. The van der Waals surface area contributed by atoms with Gasteiger partial charge >= 0.3 is 0 Å². The van der Waals surface area contributed by atoms with Gasteiger partial charge < -0.3 is 5.43 Å². The summed E-state index contributed by atoms with van der Waals surface area (Å²) in [6.07, 6.45) is 3.15. The quantitative estimate of drug-likeness (QED) is 0.449. The highest BCUT2D eigenvalue weighted by atomic mass is 16.2. The van der Waals surface area contributed by atoms with Gasteiger partial charge in [-0.2, -0.15) is 0 Å². The molecule has 2 amide bonds. The van der Waals surface area contributed by atoms with E-state index in [2.05, 4.69) is 10.4 Å². The molecule has 3 N–H and O–H groups in total. The third-order valence-corrected chi connectivity index (χ3v) is 2.70. The molecule has 1 fully saturated rings. The maximum atomic E-state index is 11.6. The highest BCUT2D eigenvalue weighted by molar-refractivity contribution is 5.97. The van der Waals surface area contributed by atoms with Crippen molar-refractivity contribution in [2.45, 2.75) is 25.8 Å². The average Bonchev–Trinajstić information content (AvgIpc) is 2.35. The maximum Gasteiger partial charge on any atom is 0.229 e. The molecular weight excluding hydrogens is 220 g/mol. The number of imide groups is 1. The van der Waals surface area contributed by atoms with Crippen LogP contribution >= 0.6 is 0 Å². The Kier molecular flexibility index (Phi) is 3.34. The van der Waals surface area contributed by atoms with E-state index in [-0.39, 0.29) is 18.4 Å². The number of amides is 2.